The van der Waals surface area contributed by atoms with E-state index in [0.29, 0.717) is 18.1 Å². The van der Waals surface area contributed by atoms with Crippen molar-refractivity contribution in [3.05, 3.63) is 36.2 Å². The molecule has 1 aliphatic heterocycles. The fraction of sp³-hybridized carbons (Fsp3) is 0.357. The molecular weight excluding hydrogens is 274 g/mol. The van der Waals surface area contributed by atoms with Crippen molar-refractivity contribution in [2.24, 2.45) is 0 Å². The first-order chi connectivity index (χ1) is 10.2. The molecule has 1 atom stereocenters. The Labute approximate surface area is 121 Å². The number of nitrogens with zero attached hydrogens (tertiary/aromatic N) is 3. The van der Waals surface area contributed by atoms with E-state index < -0.39 is 6.10 Å². The van der Waals surface area contributed by atoms with Gasteiger partial charge in [-0.1, -0.05) is 35.5 Å². The molecule has 1 N–H and O–H groups in total. The van der Waals surface area contributed by atoms with Crippen LogP contribution in [0.4, 0.5) is 0 Å². The normalized spacial score (nSPS) is 18.1. The van der Waals surface area contributed by atoms with Crippen LogP contribution in [-0.2, 0) is 16.1 Å². The molecule has 1 aliphatic rings. The fourth-order valence-corrected chi connectivity index (χ4v) is 2.05. The smallest absolute Gasteiger partial charge is 0.246 e. The Balaban J connectivity index is 1.57. The minimum absolute atomic E-state index is 0.157. The monoisotopic (exact) mass is 289 g/mol. The molecule has 0 saturated carbocycles. The maximum atomic E-state index is 11.8. The highest BCUT2D eigenvalue weighted by molar-refractivity contribution is 5.75. The summed E-state index contributed by atoms with van der Waals surface area (Å²) >= 11 is 0. The Kier molecular flexibility index (Phi) is 3.94. The van der Waals surface area contributed by atoms with Gasteiger partial charge in [0.1, 0.15) is 6.61 Å². The third-order valence-corrected chi connectivity index (χ3v) is 3.13. The third-order valence-electron chi connectivity index (χ3n) is 3.13. The lowest BCUT2D eigenvalue weighted by molar-refractivity contribution is -0.168. The molecule has 0 radical (unpaired) electrons. The second kappa shape index (κ2) is 6.02. The second-order valence-electron chi connectivity index (χ2n) is 4.78. The Morgan fingerprint density at radius 1 is 1.38 bits per heavy atom. The molecule has 110 valence electrons. The maximum Gasteiger partial charge on any atom is 0.246 e. The highest BCUT2D eigenvalue weighted by Crippen LogP contribution is 2.16. The van der Waals surface area contributed by atoms with Gasteiger partial charge < -0.3 is 9.63 Å². The minimum Gasteiger partial charge on any atom is -0.389 e. The molecule has 1 aromatic carbocycles. The molecule has 0 bridgehead atoms. The minimum atomic E-state index is -0.609. The van der Waals surface area contributed by atoms with Gasteiger partial charge in [0.15, 0.2) is 0 Å². The van der Waals surface area contributed by atoms with E-state index in [9.17, 15) is 9.90 Å². The van der Waals surface area contributed by atoms with Gasteiger partial charge in [-0.25, -0.2) is 5.06 Å². The van der Waals surface area contributed by atoms with Gasteiger partial charge in [-0.2, -0.15) is 4.98 Å². The van der Waals surface area contributed by atoms with Gasteiger partial charge in [0.25, 0.3) is 0 Å². The summed E-state index contributed by atoms with van der Waals surface area (Å²) in [5.41, 5.74) is 0.866. The van der Waals surface area contributed by atoms with E-state index in [2.05, 4.69) is 10.1 Å². The number of hydrogen-bond donors (Lipinski definition) is 1. The van der Waals surface area contributed by atoms with E-state index in [1.165, 1.54) is 5.06 Å². The average molecular weight is 289 g/mol. The van der Waals surface area contributed by atoms with Crippen LogP contribution in [-0.4, -0.2) is 45.5 Å². The number of aliphatic hydroxyl groups excluding tert-OH is 1. The summed E-state index contributed by atoms with van der Waals surface area (Å²) in [7, 11) is 0. The predicted octanol–water partition coefficient (Wildman–Crippen LogP) is 0.804. The van der Waals surface area contributed by atoms with Crippen molar-refractivity contribution in [1.82, 2.24) is 15.2 Å². The topological polar surface area (TPSA) is 88.7 Å². The van der Waals surface area contributed by atoms with Crippen LogP contribution in [0, 0.1) is 0 Å². The average Bonchev–Trinajstić information content (AvgIpc) is 3.15. The quantitative estimate of drug-likeness (QED) is 0.895. The number of benzene rings is 1. The van der Waals surface area contributed by atoms with Crippen LogP contribution in [0.3, 0.4) is 0 Å². The Hall–Kier alpha value is -2.25. The zero-order valence-electron chi connectivity index (χ0n) is 11.3. The molecule has 1 fully saturated rings. The Bertz CT molecular complexity index is 614. The van der Waals surface area contributed by atoms with E-state index in [1.807, 2.05) is 30.3 Å². The maximum absolute atomic E-state index is 11.8. The zero-order valence-corrected chi connectivity index (χ0v) is 11.3. The summed E-state index contributed by atoms with van der Waals surface area (Å²) < 4.78 is 5.13. The van der Waals surface area contributed by atoms with Gasteiger partial charge in [0, 0.05) is 18.4 Å². The number of hydrogen-bond acceptors (Lipinski definition) is 6. The van der Waals surface area contributed by atoms with Gasteiger partial charge in [-0.05, 0) is 0 Å². The molecule has 7 heteroatoms. The van der Waals surface area contributed by atoms with Crippen LogP contribution in [0.2, 0.25) is 0 Å². The summed E-state index contributed by atoms with van der Waals surface area (Å²) in [5, 5.41) is 14.4. The molecule has 2 heterocycles. The predicted molar refractivity (Wildman–Crippen MR) is 71.7 cm³/mol. The molecule has 0 aliphatic carbocycles. The third kappa shape index (κ3) is 3.26. The SMILES string of the molecule is O=C(CCc1nc(-c2ccccc2)no1)N1C[C@H](O)CO1. The van der Waals surface area contributed by atoms with Gasteiger partial charge in [-0.3, -0.25) is 9.63 Å². The lowest BCUT2D eigenvalue weighted by Crippen LogP contribution is -2.28. The largest absolute Gasteiger partial charge is 0.389 e. The number of β-amino-alcohol motifs (C(OH)–C–C–N with tert-alkyl or cyclic N) is 1. The lowest BCUT2D eigenvalue weighted by atomic mass is 10.2. The molecule has 1 saturated heterocycles. The molecule has 0 unspecified atom stereocenters. The van der Waals surface area contributed by atoms with Crippen molar-refractivity contribution in [3.63, 3.8) is 0 Å². The lowest BCUT2D eigenvalue weighted by Gasteiger charge is -2.12. The van der Waals surface area contributed by atoms with Crippen molar-refractivity contribution in [3.8, 4) is 11.4 Å². The van der Waals surface area contributed by atoms with Crippen LogP contribution in [0.25, 0.3) is 11.4 Å². The van der Waals surface area contributed by atoms with Gasteiger partial charge in [0.05, 0.1) is 12.6 Å². The summed E-state index contributed by atoms with van der Waals surface area (Å²) in [6, 6.07) is 9.47. The summed E-state index contributed by atoms with van der Waals surface area (Å²) in [4.78, 5) is 21.2. The first-order valence-corrected chi connectivity index (χ1v) is 6.72. The highest BCUT2D eigenvalue weighted by Gasteiger charge is 2.26. The Morgan fingerprint density at radius 3 is 2.90 bits per heavy atom. The van der Waals surface area contributed by atoms with E-state index in [4.69, 9.17) is 9.36 Å². The zero-order chi connectivity index (χ0) is 14.7. The van der Waals surface area contributed by atoms with Crippen LogP contribution in [0.1, 0.15) is 12.3 Å². The van der Waals surface area contributed by atoms with E-state index in [1.54, 1.807) is 0 Å². The number of aryl methyl sites for hydroxylation is 1. The second-order valence-corrected chi connectivity index (χ2v) is 4.78. The summed E-state index contributed by atoms with van der Waals surface area (Å²) in [5.74, 6) is 0.707. The highest BCUT2D eigenvalue weighted by atomic mass is 16.7. The first kappa shape index (κ1) is 13.7. The Morgan fingerprint density at radius 2 is 2.19 bits per heavy atom. The number of carbonyl (C=O) groups excluding carboxylic acids is 1. The first-order valence-electron chi connectivity index (χ1n) is 6.72. The fourth-order valence-electron chi connectivity index (χ4n) is 2.05. The number of hydroxylamine groups is 2. The van der Waals surface area contributed by atoms with Crippen molar-refractivity contribution < 1.29 is 19.3 Å². The van der Waals surface area contributed by atoms with Crippen LogP contribution >= 0.6 is 0 Å². The van der Waals surface area contributed by atoms with Crippen LogP contribution in [0.15, 0.2) is 34.9 Å². The van der Waals surface area contributed by atoms with Crippen molar-refractivity contribution in [1.29, 1.82) is 0 Å². The summed E-state index contributed by atoms with van der Waals surface area (Å²) in [6.07, 6.45) is -0.0698. The van der Waals surface area contributed by atoms with Crippen LogP contribution < -0.4 is 0 Å². The van der Waals surface area contributed by atoms with E-state index in [0.717, 1.165) is 5.56 Å². The van der Waals surface area contributed by atoms with Crippen LogP contribution in [0.5, 0.6) is 0 Å². The number of amides is 1. The standard InChI is InChI=1S/C14H15N3O4/c18-11-8-17(20-9-11)13(19)7-6-12-15-14(16-21-12)10-4-2-1-3-5-10/h1-5,11,18H,6-9H2/t11-/m0/s1. The van der Waals surface area contributed by atoms with Gasteiger partial charge >= 0.3 is 0 Å². The number of carbonyl (C=O) groups is 1. The van der Waals surface area contributed by atoms with Crippen molar-refractivity contribution in [2.45, 2.75) is 18.9 Å². The van der Waals surface area contributed by atoms with Gasteiger partial charge in [-0.15, -0.1) is 0 Å². The van der Waals surface area contributed by atoms with Crippen molar-refractivity contribution in [2.75, 3.05) is 13.2 Å². The molecule has 1 aromatic heterocycles. The molecular formula is C14H15N3O4. The van der Waals surface area contributed by atoms with Crippen molar-refractivity contribution >= 4 is 5.91 Å². The molecule has 7 nitrogen and oxygen atoms in total. The molecule has 3 rings (SSSR count). The molecule has 21 heavy (non-hydrogen) atoms. The molecule has 2 aromatic rings. The van der Waals surface area contributed by atoms with E-state index >= 15 is 0 Å². The number of rotatable bonds is 4. The summed E-state index contributed by atoms with van der Waals surface area (Å²) in [6.45, 7) is 0.363. The van der Waals surface area contributed by atoms with Gasteiger partial charge in [0.2, 0.25) is 17.6 Å². The number of aromatic nitrogens is 2. The van der Waals surface area contributed by atoms with E-state index in [-0.39, 0.29) is 25.5 Å². The molecule has 0 spiro atoms. The number of aliphatic hydroxyl groups is 1. The molecule has 1 amide bonds.